The molecule has 4 N–H and O–H groups in total. The van der Waals surface area contributed by atoms with Crippen LogP contribution < -0.4 is 11.1 Å². The van der Waals surface area contributed by atoms with E-state index in [9.17, 15) is 14.4 Å². The first kappa shape index (κ1) is 17.2. The summed E-state index contributed by atoms with van der Waals surface area (Å²) in [6.45, 7) is 6.01. The average molecular weight is 273 g/mol. The van der Waals surface area contributed by atoms with Gasteiger partial charge in [0, 0.05) is 13.1 Å². The van der Waals surface area contributed by atoms with Gasteiger partial charge in [-0.05, 0) is 12.8 Å². The fourth-order valence-electron chi connectivity index (χ4n) is 1.69. The van der Waals surface area contributed by atoms with Gasteiger partial charge in [0.15, 0.2) is 0 Å². The van der Waals surface area contributed by atoms with E-state index in [1.54, 1.807) is 6.92 Å². The van der Waals surface area contributed by atoms with Crippen LogP contribution in [0, 0.1) is 5.92 Å². The quantitative estimate of drug-likeness (QED) is 0.593. The highest BCUT2D eigenvalue weighted by atomic mass is 16.4. The average Bonchev–Trinajstić information content (AvgIpc) is 2.34. The Balaban J connectivity index is 4.82. The molecule has 0 radical (unpaired) electrons. The summed E-state index contributed by atoms with van der Waals surface area (Å²) in [7, 11) is 0. The van der Waals surface area contributed by atoms with E-state index in [0.717, 1.165) is 0 Å². The molecule has 0 bridgehead atoms. The van der Waals surface area contributed by atoms with Crippen molar-refractivity contribution in [3.8, 4) is 0 Å². The second-order valence-corrected chi connectivity index (χ2v) is 4.43. The van der Waals surface area contributed by atoms with Gasteiger partial charge in [-0.25, -0.2) is 4.79 Å². The fraction of sp³-hybridized carbons (Fsp3) is 0.750. The normalized spacial score (nSPS) is 13.4. The molecular weight excluding hydrogens is 250 g/mol. The maximum absolute atomic E-state index is 12.3. The Bertz CT molecular complexity index is 333. The molecule has 0 heterocycles. The van der Waals surface area contributed by atoms with Crippen LogP contribution in [0.3, 0.4) is 0 Å². The van der Waals surface area contributed by atoms with Crippen LogP contribution in [-0.4, -0.2) is 47.0 Å². The van der Waals surface area contributed by atoms with Crippen molar-refractivity contribution in [2.45, 2.75) is 39.7 Å². The summed E-state index contributed by atoms with van der Waals surface area (Å²) in [5, 5.41) is 11.1. The number of urea groups is 1. The molecule has 0 spiro atoms. The third-order valence-electron chi connectivity index (χ3n) is 3.07. The lowest BCUT2D eigenvalue weighted by atomic mass is 9.98. The third kappa shape index (κ3) is 6.08. The Labute approximate surface area is 113 Å². The summed E-state index contributed by atoms with van der Waals surface area (Å²) in [4.78, 5) is 35.2. The number of carbonyl (C=O) groups is 3. The molecule has 0 rings (SSSR count). The number of nitrogens with two attached hydrogens (primary N) is 1. The second-order valence-electron chi connectivity index (χ2n) is 4.43. The van der Waals surface area contributed by atoms with E-state index in [-0.39, 0.29) is 24.8 Å². The van der Waals surface area contributed by atoms with Gasteiger partial charge < -0.3 is 21.1 Å². The van der Waals surface area contributed by atoms with Crippen molar-refractivity contribution in [2.24, 2.45) is 11.7 Å². The molecule has 7 heteroatoms. The van der Waals surface area contributed by atoms with E-state index in [1.807, 2.05) is 13.8 Å². The molecule has 2 unspecified atom stereocenters. The number of amides is 3. The van der Waals surface area contributed by atoms with Crippen molar-refractivity contribution in [3.63, 3.8) is 0 Å². The van der Waals surface area contributed by atoms with E-state index >= 15 is 0 Å². The number of nitrogens with zero attached hydrogens (tertiary/aromatic N) is 1. The maximum atomic E-state index is 12.3. The van der Waals surface area contributed by atoms with Gasteiger partial charge in [0.1, 0.15) is 6.04 Å². The predicted molar refractivity (Wildman–Crippen MR) is 70.5 cm³/mol. The minimum Gasteiger partial charge on any atom is -0.481 e. The minimum atomic E-state index is -0.964. The van der Waals surface area contributed by atoms with Crippen molar-refractivity contribution in [1.29, 1.82) is 0 Å². The highest BCUT2D eigenvalue weighted by Crippen LogP contribution is 2.11. The zero-order chi connectivity index (χ0) is 15.0. The summed E-state index contributed by atoms with van der Waals surface area (Å²) < 4.78 is 0. The topological polar surface area (TPSA) is 113 Å². The van der Waals surface area contributed by atoms with Crippen LogP contribution in [0.15, 0.2) is 0 Å². The maximum Gasteiger partial charge on any atom is 0.312 e. The second kappa shape index (κ2) is 8.34. The lowest BCUT2D eigenvalue weighted by molar-refractivity contribution is -0.139. The number of carboxylic acids is 1. The van der Waals surface area contributed by atoms with Gasteiger partial charge in [-0.15, -0.1) is 0 Å². The van der Waals surface area contributed by atoms with Crippen LogP contribution in [0.25, 0.3) is 0 Å². The number of carbonyl (C=O) groups excluding carboxylic acids is 2. The molecule has 0 aliphatic carbocycles. The molecule has 0 fully saturated rings. The van der Waals surface area contributed by atoms with Crippen LogP contribution in [0.5, 0.6) is 0 Å². The molecule has 0 aromatic rings. The molecule has 19 heavy (non-hydrogen) atoms. The van der Waals surface area contributed by atoms with Gasteiger partial charge in [0.2, 0.25) is 5.91 Å². The minimum absolute atomic E-state index is 0.0705. The van der Waals surface area contributed by atoms with Crippen molar-refractivity contribution in [2.75, 3.05) is 13.1 Å². The lowest BCUT2D eigenvalue weighted by Gasteiger charge is -2.29. The predicted octanol–water partition coefficient (Wildman–Crippen LogP) is 0.393. The molecule has 0 saturated heterocycles. The van der Waals surface area contributed by atoms with Crippen LogP contribution in [0.1, 0.15) is 33.6 Å². The summed E-state index contributed by atoms with van der Waals surface area (Å²) in [5.41, 5.74) is 5.07. The van der Waals surface area contributed by atoms with E-state index in [2.05, 4.69) is 5.32 Å². The number of hydrogen-bond donors (Lipinski definition) is 3. The first-order valence-electron chi connectivity index (χ1n) is 6.39. The number of primary amides is 1. The van der Waals surface area contributed by atoms with Gasteiger partial charge in [-0.1, -0.05) is 20.3 Å². The molecule has 7 nitrogen and oxygen atoms in total. The number of nitrogens with one attached hydrogen (secondary N) is 1. The van der Waals surface area contributed by atoms with E-state index in [1.165, 1.54) is 4.90 Å². The molecule has 0 aliphatic rings. The zero-order valence-electron chi connectivity index (χ0n) is 11.7. The number of likely N-dealkylation sites (N-methyl/N-ethyl adjacent to an activating group) is 1. The van der Waals surface area contributed by atoms with E-state index in [0.29, 0.717) is 13.0 Å². The summed E-state index contributed by atoms with van der Waals surface area (Å²) in [5.74, 6) is -1.33. The van der Waals surface area contributed by atoms with E-state index < -0.39 is 18.0 Å². The monoisotopic (exact) mass is 273 g/mol. The van der Waals surface area contributed by atoms with Gasteiger partial charge in [-0.3, -0.25) is 9.59 Å². The molecule has 3 amide bonds. The van der Waals surface area contributed by atoms with Crippen molar-refractivity contribution < 1.29 is 19.5 Å². The molecule has 0 saturated carbocycles. The zero-order valence-corrected chi connectivity index (χ0v) is 11.7. The van der Waals surface area contributed by atoms with Crippen molar-refractivity contribution in [3.05, 3.63) is 0 Å². The number of hydrogen-bond acceptors (Lipinski definition) is 3. The largest absolute Gasteiger partial charge is 0.481 e. The molecule has 0 aromatic heterocycles. The first-order chi connectivity index (χ1) is 8.83. The molecule has 110 valence electrons. The summed E-state index contributed by atoms with van der Waals surface area (Å²) >= 11 is 0. The van der Waals surface area contributed by atoms with Crippen LogP contribution in [0.2, 0.25) is 0 Å². The molecule has 0 aromatic carbocycles. The number of carboxylic acid groups (broad SMARTS) is 1. The standard InChI is InChI=1S/C12H23N3O4/c1-4-8(3)10(14-12(13)19)11(18)15(5-2)7-6-9(16)17/h8,10H,4-7H2,1-3H3,(H,16,17)(H3,13,14,19). The third-order valence-corrected chi connectivity index (χ3v) is 3.07. The highest BCUT2D eigenvalue weighted by Gasteiger charge is 2.28. The summed E-state index contributed by atoms with van der Waals surface area (Å²) in [6.07, 6.45) is 0.580. The van der Waals surface area contributed by atoms with Gasteiger partial charge in [-0.2, -0.15) is 0 Å². The van der Waals surface area contributed by atoms with E-state index in [4.69, 9.17) is 10.8 Å². The molecule has 0 aliphatic heterocycles. The van der Waals surface area contributed by atoms with Crippen molar-refractivity contribution in [1.82, 2.24) is 10.2 Å². The Kier molecular flexibility index (Phi) is 7.55. The Morgan fingerprint density at radius 2 is 1.89 bits per heavy atom. The number of aliphatic carboxylic acids is 1. The van der Waals surface area contributed by atoms with Crippen LogP contribution >= 0.6 is 0 Å². The fourth-order valence-corrected chi connectivity index (χ4v) is 1.69. The summed E-state index contributed by atoms with van der Waals surface area (Å²) in [6, 6.07) is -1.47. The van der Waals surface area contributed by atoms with Crippen molar-refractivity contribution >= 4 is 17.9 Å². The Morgan fingerprint density at radius 3 is 2.26 bits per heavy atom. The van der Waals surface area contributed by atoms with Crippen LogP contribution in [-0.2, 0) is 9.59 Å². The van der Waals surface area contributed by atoms with Gasteiger partial charge in [0.25, 0.3) is 0 Å². The molecule has 2 atom stereocenters. The Hall–Kier alpha value is -1.79. The molecular formula is C12H23N3O4. The van der Waals surface area contributed by atoms with Gasteiger partial charge >= 0.3 is 12.0 Å². The Morgan fingerprint density at radius 1 is 1.32 bits per heavy atom. The van der Waals surface area contributed by atoms with Gasteiger partial charge in [0.05, 0.1) is 6.42 Å². The number of rotatable bonds is 8. The first-order valence-corrected chi connectivity index (χ1v) is 6.39. The van der Waals surface area contributed by atoms with Crippen LogP contribution in [0.4, 0.5) is 4.79 Å². The SMILES string of the molecule is CCC(C)C(NC(N)=O)C(=O)N(CC)CCC(=O)O. The highest BCUT2D eigenvalue weighted by molar-refractivity contribution is 5.87. The lowest BCUT2D eigenvalue weighted by Crippen LogP contribution is -2.53. The smallest absolute Gasteiger partial charge is 0.312 e.